The molecule has 0 aliphatic rings. The highest BCUT2D eigenvalue weighted by molar-refractivity contribution is 6.31. The van der Waals surface area contributed by atoms with Crippen molar-refractivity contribution in [2.24, 2.45) is 7.05 Å². The SMILES string of the molecule is CCc1nn(C)c(CNCC(C)(O)CO)c1Cl. The van der Waals surface area contributed by atoms with Gasteiger partial charge < -0.3 is 15.5 Å². The van der Waals surface area contributed by atoms with Crippen LogP contribution in [0.1, 0.15) is 25.2 Å². The quantitative estimate of drug-likeness (QED) is 0.696. The molecule has 1 heterocycles. The molecule has 1 aromatic heterocycles. The van der Waals surface area contributed by atoms with E-state index in [2.05, 4.69) is 10.4 Å². The van der Waals surface area contributed by atoms with Gasteiger partial charge in [-0.3, -0.25) is 4.68 Å². The average Bonchev–Trinajstić information content (AvgIpc) is 2.56. The highest BCUT2D eigenvalue weighted by Crippen LogP contribution is 2.20. The van der Waals surface area contributed by atoms with Crippen LogP contribution >= 0.6 is 11.6 Å². The van der Waals surface area contributed by atoms with Gasteiger partial charge >= 0.3 is 0 Å². The van der Waals surface area contributed by atoms with Gasteiger partial charge in [-0.15, -0.1) is 0 Å². The number of aromatic nitrogens is 2. The molecule has 98 valence electrons. The lowest BCUT2D eigenvalue weighted by molar-refractivity contribution is 0.00244. The van der Waals surface area contributed by atoms with Crippen LogP contribution in [0.15, 0.2) is 0 Å². The molecule has 3 N–H and O–H groups in total. The summed E-state index contributed by atoms with van der Waals surface area (Å²) in [5, 5.41) is 26.6. The van der Waals surface area contributed by atoms with Crippen LogP contribution in [-0.4, -0.2) is 38.7 Å². The van der Waals surface area contributed by atoms with Gasteiger partial charge in [-0.05, 0) is 13.3 Å². The standard InChI is InChI=1S/C11H20ClN3O2/c1-4-8-10(12)9(15(3)14-8)5-13-6-11(2,17)7-16/h13,16-17H,4-7H2,1-3H3. The molecule has 0 saturated heterocycles. The van der Waals surface area contributed by atoms with Crippen molar-refractivity contribution < 1.29 is 10.2 Å². The Morgan fingerprint density at radius 2 is 2.18 bits per heavy atom. The number of aliphatic hydroxyl groups excluding tert-OH is 1. The number of hydrogen-bond donors (Lipinski definition) is 3. The lowest BCUT2D eigenvalue weighted by Gasteiger charge is -2.20. The van der Waals surface area contributed by atoms with Crippen molar-refractivity contribution in [3.63, 3.8) is 0 Å². The second-order valence-electron chi connectivity index (χ2n) is 4.44. The largest absolute Gasteiger partial charge is 0.393 e. The molecule has 0 bridgehead atoms. The van der Waals surface area contributed by atoms with Crippen molar-refractivity contribution in [3.05, 3.63) is 16.4 Å². The first kappa shape index (κ1) is 14.4. The summed E-state index contributed by atoms with van der Waals surface area (Å²) in [6.45, 7) is 4.11. The Labute approximate surface area is 106 Å². The first-order valence-corrected chi connectivity index (χ1v) is 6.03. The fourth-order valence-electron chi connectivity index (χ4n) is 1.52. The number of rotatable bonds is 6. The van der Waals surface area contributed by atoms with Crippen LogP contribution in [0.2, 0.25) is 5.02 Å². The summed E-state index contributed by atoms with van der Waals surface area (Å²) in [5.41, 5.74) is 0.649. The Kier molecular flexibility index (Phi) is 4.94. The third-order valence-electron chi connectivity index (χ3n) is 2.64. The van der Waals surface area contributed by atoms with Gasteiger partial charge in [-0.1, -0.05) is 18.5 Å². The predicted octanol–water partition coefficient (Wildman–Crippen LogP) is 0.469. The van der Waals surface area contributed by atoms with Crippen molar-refractivity contribution in [1.29, 1.82) is 0 Å². The fourth-order valence-corrected chi connectivity index (χ4v) is 1.88. The molecule has 0 saturated carbocycles. The lowest BCUT2D eigenvalue weighted by atomic mass is 10.1. The topological polar surface area (TPSA) is 70.3 Å². The van der Waals surface area contributed by atoms with Crippen molar-refractivity contribution in [1.82, 2.24) is 15.1 Å². The Balaban J connectivity index is 2.61. The molecule has 0 aromatic carbocycles. The van der Waals surface area contributed by atoms with E-state index in [1.54, 1.807) is 11.6 Å². The molecule has 1 atom stereocenters. The van der Waals surface area contributed by atoms with E-state index in [0.717, 1.165) is 17.8 Å². The van der Waals surface area contributed by atoms with E-state index in [1.165, 1.54) is 0 Å². The number of nitrogens with zero attached hydrogens (tertiary/aromatic N) is 2. The zero-order valence-electron chi connectivity index (χ0n) is 10.5. The molecular weight excluding hydrogens is 242 g/mol. The van der Waals surface area contributed by atoms with Crippen molar-refractivity contribution in [3.8, 4) is 0 Å². The highest BCUT2D eigenvalue weighted by atomic mass is 35.5. The van der Waals surface area contributed by atoms with Crippen molar-refractivity contribution in [2.45, 2.75) is 32.4 Å². The van der Waals surface area contributed by atoms with E-state index < -0.39 is 5.60 Å². The Bertz CT molecular complexity index is 377. The minimum absolute atomic E-state index is 0.278. The maximum atomic E-state index is 9.62. The summed E-state index contributed by atoms with van der Waals surface area (Å²) in [6.07, 6.45) is 0.793. The molecule has 17 heavy (non-hydrogen) atoms. The van der Waals surface area contributed by atoms with E-state index in [4.69, 9.17) is 16.7 Å². The smallest absolute Gasteiger partial charge is 0.0972 e. The summed E-state index contributed by atoms with van der Waals surface area (Å²) >= 11 is 6.18. The van der Waals surface area contributed by atoms with E-state index in [9.17, 15) is 5.11 Å². The molecule has 0 aliphatic heterocycles. The van der Waals surface area contributed by atoms with Crippen LogP contribution in [0.5, 0.6) is 0 Å². The first-order chi connectivity index (χ1) is 7.91. The number of aliphatic hydroxyl groups is 2. The molecule has 1 rings (SSSR count). The molecular formula is C11H20ClN3O2. The molecule has 1 unspecified atom stereocenters. The molecule has 0 amide bonds. The molecule has 0 radical (unpaired) electrons. The summed E-state index contributed by atoms with van der Waals surface area (Å²) in [6, 6.07) is 0. The Morgan fingerprint density at radius 3 is 2.65 bits per heavy atom. The second kappa shape index (κ2) is 5.82. The third-order valence-corrected chi connectivity index (χ3v) is 3.08. The average molecular weight is 262 g/mol. The minimum atomic E-state index is -1.11. The van der Waals surface area contributed by atoms with Crippen LogP contribution in [-0.2, 0) is 20.0 Å². The van der Waals surface area contributed by atoms with Gasteiger partial charge in [0, 0.05) is 20.1 Å². The van der Waals surface area contributed by atoms with Crippen LogP contribution < -0.4 is 5.32 Å². The zero-order chi connectivity index (χ0) is 13.1. The summed E-state index contributed by atoms with van der Waals surface area (Å²) in [7, 11) is 1.84. The maximum absolute atomic E-state index is 9.62. The van der Waals surface area contributed by atoms with E-state index >= 15 is 0 Å². The number of hydrogen-bond acceptors (Lipinski definition) is 4. The zero-order valence-corrected chi connectivity index (χ0v) is 11.3. The normalized spacial score (nSPS) is 14.9. The summed E-state index contributed by atoms with van der Waals surface area (Å²) < 4.78 is 1.74. The highest BCUT2D eigenvalue weighted by Gasteiger charge is 2.19. The molecule has 0 aliphatic carbocycles. The van der Waals surface area contributed by atoms with Crippen LogP contribution in [0, 0.1) is 0 Å². The number of aryl methyl sites for hydroxylation is 2. The number of nitrogens with one attached hydrogen (secondary N) is 1. The second-order valence-corrected chi connectivity index (χ2v) is 4.82. The van der Waals surface area contributed by atoms with Gasteiger partial charge in [-0.25, -0.2) is 0 Å². The van der Waals surface area contributed by atoms with Crippen LogP contribution in [0.4, 0.5) is 0 Å². The number of halogens is 1. The van der Waals surface area contributed by atoms with E-state index in [-0.39, 0.29) is 6.61 Å². The van der Waals surface area contributed by atoms with E-state index in [1.807, 2.05) is 14.0 Å². The van der Waals surface area contributed by atoms with Crippen LogP contribution in [0.25, 0.3) is 0 Å². The maximum Gasteiger partial charge on any atom is 0.0972 e. The molecule has 1 aromatic rings. The summed E-state index contributed by atoms with van der Waals surface area (Å²) in [4.78, 5) is 0. The minimum Gasteiger partial charge on any atom is -0.393 e. The first-order valence-electron chi connectivity index (χ1n) is 5.65. The third kappa shape index (κ3) is 3.67. The van der Waals surface area contributed by atoms with Gasteiger partial charge in [0.05, 0.1) is 28.6 Å². The molecule has 6 heteroatoms. The lowest BCUT2D eigenvalue weighted by Crippen LogP contribution is -2.40. The Hall–Kier alpha value is -0.620. The van der Waals surface area contributed by atoms with Gasteiger partial charge in [0.1, 0.15) is 0 Å². The van der Waals surface area contributed by atoms with E-state index in [0.29, 0.717) is 18.1 Å². The molecule has 0 spiro atoms. The van der Waals surface area contributed by atoms with Crippen LogP contribution in [0.3, 0.4) is 0 Å². The van der Waals surface area contributed by atoms with Crippen molar-refractivity contribution >= 4 is 11.6 Å². The van der Waals surface area contributed by atoms with Gasteiger partial charge in [0.15, 0.2) is 0 Å². The van der Waals surface area contributed by atoms with Gasteiger partial charge in [0.2, 0.25) is 0 Å². The monoisotopic (exact) mass is 261 g/mol. The summed E-state index contributed by atoms with van der Waals surface area (Å²) in [5.74, 6) is 0. The Morgan fingerprint density at radius 1 is 1.53 bits per heavy atom. The predicted molar refractivity (Wildman–Crippen MR) is 67.0 cm³/mol. The molecule has 0 fully saturated rings. The fraction of sp³-hybridized carbons (Fsp3) is 0.727. The van der Waals surface area contributed by atoms with Crippen molar-refractivity contribution in [2.75, 3.05) is 13.2 Å². The van der Waals surface area contributed by atoms with Gasteiger partial charge in [0.25, 0.3) is 0 Å². The van der Waals surface area contributed by atoms with Gasteiger partial charge in [-0.2, -0.15) is 5.10 Å². The molecule has 5 nitrogen and oxygen atoms in total.